The molecule has 0 unspecified atom stereocenters. The largest absolute Gasteiger partial charge is 0.469 e. The van der Waals surface area contributed by atoms with Gasteiger partial charge in [-0.2, -0.15) is 0 Å². The van der Waals surface area contributed by atoms with Crippen LogP contribution in [0.3, 0.4) is 0 Å². The highest BCUT2D eigenvalue weighted by Gasteiger charge is 2.09. The molecule has 0 bridgehead atoms. The van der Waals surface area contributed by atoms with Crippen LogP contribution in [0.1, 0.15) is 12.5 Å². The third-order valence-corrected chi connectivity index (χ3v) is 1.94. The summed E-state index contributed by atoms with van der Waals surface area (Å²) >= 11 is 0. The highest BCUT2D eigenvalue weighted by Crippen LogP contribution is 2.15. The Balaban J connectivity index is 2.83. The van der Waals surface area contributed by atoms with E-state index in [1.54, 1.807) is 0 Å². The maximum Gasteiger partial charge on any atom is 0.310 e. The van der Waals surface area contributed by atoms with Crippen LogP contribution in [-0.2, 0) is 20.7 Å². The van der Waals surface area contributed by atoms with Crippen LogP contribution in [0.25, 0.3) is 0 Å². The van der Waals surface area contributed by atoms with Crippen molar-refractivity contribution in [2.24, 2.45) is 0 Å². The second-order valence-electron chi connectivity index (χ2n) is 3.24. The Morgan fingerprint density at radius 2 is 2.12 bits per heavy atom. The monoisotopic (exact) mass is 225 g/mol. The van der Waals surface area contributed by atoms with Crippen molar-refractivity contribution in [2.45, 2.75) is 13.3 Å². The van der Waals surface area contributed by atoms with Crippen LogP contribution in [0.5, 0.6) is 0 Å². The van der Waals surface area contributed by atoms with E-state index in [4.69, 9.17) is 0 Å². The van der Waals surface area contributed by atoms with Gasteiger partial charge in [0.05, 0.1) is 13.5 Å². The molecule has 0 aromatic heterocycles. The number of anilines is 1. The van der Waals surface area contributed by atoms with Gasteiger partial charge in [0.2, 0.25) is 5.91 Å². The molecule has 0 atom stereocenters. The lowest BCUT2D eigenvalue weighted by Gasteiger charge is -2.05. The maximum atomic E-state index is 13.4. The smallest absolute Gasteiger partial charge is 0.310 e. The van der Waals surface area contributed by atoms with Crippen LogP contribution in [-0.4, -0.2) is 19.0 Å². The molecule has 0 aliphatic heterocycles. The van der Waals surface area contributed by atoms with E-state index in [0.717, 1.165) is 0 Å². The Hall–Kier alpha value is -1.91. The fraction of sp³-hybridized carbons (Fsp3) is 0.273. The van der Waals surface area contributed by atoms with Gasteiger partial charge in [0.1, 0.15) is 5.82 Å². The Kier molecular flexibility index (Phi) is 3.99. The van der Waals surface area contributed by atoms with E-state index < -0.39 is 11.8 Å². The average molecular weight is 225 g/mol. The zero-order chi connectivity index (χ0) is 12.1. The summed E-state index contributed by atoms with van der Waals surface area (Å²) in [6, 6.07) is 4.14. The summed E-state index contributed by atoms with van der Waals surface area (Å²) in [7, 11) is 1.24. The summed E-state index contributed by atoms with van der Waals surface area (Å²) in [5, 5.41) is 2.45. The fourth-order valence-corrected chi connectivity index (χ4v) is 1.20. The minimum Gasteiger partial charge on any atom is -0.469 e. The van der Waals surface area contributed by atoms with Gasteiger partial charge in [-0.15, -0.1) is 0 Å². The minimum atomic E-state index is -0.545. The van der Waals surface area contributed by atoms with E-state index in [-0.39, 0.29) is 17.9 Å². The molecule has 0 saturated carbocycles. The summed E-state index contributed by atoms with van der Waals surface area (Å²) in [4.78, 5) is 21.7. The summed E-state index contributed by atoms with van der Waals surface area (Å²) in [5.74, 6) is -1.33. The molecule has 1 amide bonds. The van der Waals surface area contributed by atoms with Gasteiger partial charge in [-0.3, -0.25) is 9.59 Å². The number of nitrogens with one attached hydrogen (secondary N) is 1. The number of carbonyl (C=O) groups is 2. The van der Waals surface area contributed by atoms with Crippen molar-refractivity contribution in [1.82, 2.24) is 0 Å². The van der Waals surface area contributed by atoms with Gasteiger partial charge in [-0.1, -0.05) is 6.07 Å². The summed E-state index contributed by atoms with van der Waals surface area (Å²) < 4.78 is 17.9. The third kappa shape index (κ3) is 3.34. The standard InChI is InChI=1S/C11H12FNO3/c1-7(14)13-9-4-3-8(10(12)6-9)5-11(15)16-2/h3-4,6H,5H2,1-2H3,(H,13,14). The van der Waals surface area contributed by atoms with Crippen LogP contribution in [0.2, 0.25) is 0 Å². The molecule has 1 aromatic rings. The molecule has 0 fully saturated rings. The highest BCUT2D eigenvalue weighted by molar-refractivity contribution is 5.88. The first-order valence-electron chi connectivity index (χ1n) is 4.65. The lowest BCUT2D eigenvalue weighted by atomic mass is 10.1. The SMILES string of the molecule is COC(=O)Cc1ccc(NC(C)=O)cc1F. The van der Waals surface area contributed by atoms with Crippen LogP contribution < -0.4 is 5.32 Å². The first-order chi connectivity index (χ1) is 7.52. The third-order valence-electron chi connectivity index (χ3n) is 1.94. The Bertz CT molecular complexity index is 418. The van der Waals surface area contributed by atoms with E-state index in [0.29, 0.717) is 5.69 Å². The number of carbonyl (C=O) groups excluding carboxylic acids is 2. The van der Waals surface area contributed by atoms with Crippen LogP contribution >= 0.6 is 0 Å². The number of halogens is 1. The van der Waals surface area contributed by atoms with Crippen molar-refractivity contribution < 1.29 is 18.7 Å². The van der Waals surface area contributed by atoms with Gasteiger partial charge in [-0.05, 0) is 17.7 Å². The van der Waals surface area contributed by atoms with E-state index in [1.807, 2.05) is 0 Å². The molecule has 0 aliphatic rings. The van der Waals surface area contributed by atoms with Crippen molar-refractivity contribution in [1.29, 1.82) is 0 Å². The maximum absolute atomic E-state index is 13.4. The number of esters is 1. The zero-order valence-corrected chi connectivity index (χ0v) is 9.04. The number of hydrogen-bond acceptors (Lipinski definition) is 3. The van der Waals surface area contributed by atoms with Crippen molar-refractivity contribution in [3.63, 3.8) is 0 Å². The van der Waals surface area contributed by atoms with Gasteiger partial charge < -0.3 is 10.1 Å². The second kappa shape index (κ2) is 5.25. The number of ether oxygens (including phenoxy) is 1. The fourth-order valence-electron chi connectivity index (χ4n) is 1.20. The number of methoxy groups -OCH3 is 1. The molecular formula is C11H12FNO3. The molecule has 4 nitrogen and oxygen atoms in total. The number of amides is 1. The normalized spacial score (nSPS) is 9.69. The van der Waals surface area contributed by atoms with Gasteiger partial charge >= 0.3 is 5.97 Å². The van der Waals surface area contributed by atoms with E-state index in [2.05, 4.69) is 10.1 Å². The molecule has 86 valence electrons. The van der Waals surface area contributed by atoms with Gasteiger partial charge in [0.15, 0.2) is 0 Å². The number of rotatable bonds is 3. The number of benzene rings is 1. The molecule has 0 radical (unpaired) electrons. The van der Waals surface area contributed by atoms with Crippen LogP contribution in [0.15, 0.2) is 18.2 Å². The molecule has 0 aliphatic carbocycles. The van der Waals surface area contributed by atoms with Crippen LogP contribution in [0, 0.1) is 5.82 Å². The van der Waals surface area contributed by atoms with Crippen molar-refractivity contribution in [3.05, 3.63) is 29.6 Å². The van der Waals surface area contributed by atoms with E-state index >= 15 is 0 Å². The van der Waals surface area contributed by atoms with Gasteiger partial charge in [0.25, 0.3) is 0 Å². The Morgan fingerprint density at radius 1 is 1.44 bits per heavy atom. The first-order valence-corrected chi connectivity index (χ1v) is 4.65. The van der Waals surface area contributed by atoms with E-state index in [9.17, 15) is 14.0 Å². The quantitative estimate of drug-likeness (QED) is 0.793. The highest BCUT2D eigenvalue weighted by atomic mass is 19.1. The van der Waals surface area contributed by atoms with Crippen LogP contribution in [0.4, 0.5) is 10.1 Å². The molecule has 0 saturated heterocycles. The lowest BCUT2D eigenvalue weighted by Crippen LogP contribution is -2.08. The van der Waals surface area contributed by atoms with E-state index in [1.165, 1.54) is 32.2 Å². The average Bonchev–Trinajstić information content (AvgIpc) is 2.21. The molecule has 1 N–H and O–H groups in total. The topological polar surface area (TPSA) is 55.4 Å². The Labute approximate surface area is 92.4 Å². The predicted molar refractivity (Wildman–Crippen MR) is 56.4 cm³/mol. The van der Waals surface area contributed by atoms with Crippen molar-refractivity contribution >= 4 is 17.6 Å². The Morgan fingerprint density at radius 3 is 2.62 bits per heavy atom. The summed E-state index contributed by atoms with van der Waals surface area (Å²) in [5.41, 5.74) is 0.597. The minimum absolute atomic E-state index is 0.122. The molecule has 1 rings (SSSR count). The molecule has 16 heavy (non-hydrogen) atoms. The summed E-state index contributed by atoms with van der Waals surface area (Å²) in [6.45, 7) is 1.33. The molecule has 5 heteroatoms. The number of hydrogen-bond donors (Lipinski definition) is 1. The summed E-state index contributed by atoms with van der Waals surface area (Å²) in [6.07, 6.45) is -0.122. The predicted octanol–water partition coefficient (Wildman–Crippen LogP) is 1.50. The van der Waals surface area contributed by atoms with Gasteiger partial charge in [0, 0.05) is 12.6 Å². The molecular weight excluding hydrogens is 213 g/mol. The molecule has 1 aromatic carbocycles. The van der Waals surface area contributed by atoms with Crippen molar-refractivity contribution in [3.8, 4) is 0 Å². The first kappa shape index (κ1) is 12.2. The second-order valence-corrected chi connectivity index (χ2v) is 3.24. The lowest BCUT2D eigenvalue weighted by molar-refractivity contribution is -0.139. The zero-order valence-electron chi connectivity index (χ0n) is 9.04. The molecule has 0 heterocycles. The molecule has 0 spiro atoms. The van der Waals surface area contributed by atoms with Crippen molar-refractivity contribution in [2.75, 3.05) is 12.4 Å². The van der Waals surface area contributed by atoms with Gasteiger partial charge in [-0.25, -0.2) is 4.39 Å².